The van der Waals surface area contributed by atoms with E-state index in [-0.39, 0.29) is 23.7 Å². The van der Waals surface area contributed by atoms with Crippen LogP contribution >= 0.6 is 0 Å². The molecule has 158 valence electrons. The highest BCUT2D eigenvalue weighted by molar-refractivity contribution is 5.93. The molecule has 7 heteroatoms. The maximum absolute atomic E-state index is 12.8. The van der Waals surface area contributed by atoms with E-state index in [0.717, 1.165) is 51.4 Å². The van der Waals surface area contributed by atoms with Crippen LogP contribution in [-0.2, 0) is 27.2 Å². The molecule has 2 heterocycles. The topological polar surface area (TPSA) is 82.7 Å². The molecule has 4 rings (SSSR count). The lowest BCUT2D eigenvalue weighted by atomic mass is 9.89. The van der Waals surface area contributed by atoms with Crippen molar-refractivity contribution in [3.8, 4) is 0 Å². The number of anilines is 1. The summed E-state index contributed by atoms with van der Waals surface area (Å²) in [7, 11) is 0. The van der Waals surface area contributed by atoms with E-state index >= 15 is 0 Å². The van der Waals surface area contributed by atoms with Gasteiger partial charge < -0.3 is 20.7 Å². The molecule has 0 unspecified atom stereocenters. The zero-order valence-corrected chi connectivity index (χ0v) is 17.0. The summed E-state index contributed by atoms with van der Waals surface area (Å²) in [5.74, 6) is -0.307. The van der Waals surface area contributed by atoms with Gasteiger partial charge in [0, 0.05) is 45.0 Å². The molecule has 1 aliphatic carbocycles. The molecule has 2 amide bonds. The second-order valence-corrected chi connectivity index (χ2v) is 8.36. The zero-order valence-electron chi connectivity index (χ0n) is 17.0. The highest BCUT2D eigenvalue weighted by atomic mass is 16.5. The van der Waals surface area contributed by atoms with Crippen LogP contribution in [0.1, 0.15) is 24.0 Å². The molecule has 0 aromatic heterocycles. The summed E-state index contributed by atoms with van der Waals surface area (Å²) in [6, 6.07) is 6.22. The lowest BCUT2D eigenvalue weighted by Crippen LogP contribution is -2.48. The van der Waals surface area contributed by atoms with Crippen LogP contribution in [0.15, 0.2) is 18.2 Å². The Hall–Kier alpha value is -1.96. The average molecular weight is 401 g/mol. The Morgan fingerprint density at radius 3 is 2.66 bits per heavy atom. The second kappa shape index (κ2) is 9.69. The molecule has 0 saturated carbocycles. The van der Waals surface area contributed by atoms with Gasteiger partial charge in [-0.25, -0.2) is 0 Å². The molecular weight excluding hydrogens is 368 g/mol. The number of aryl methyl sites for hydroxylation is 2. The number of hydrogen-bond donors (Lipinski definition) is 3. The first-order chi connectivity index (χ1) is 14.2. The van der Waals surface area contributed by atoms with Crippen molar-refractivity contribution in [2.24, 2.45) is 11.8 Å². The molecule has 7 nitrogen and oxygen atoms in total. The number of hydrogen-bond acceptors (Lipinski definition) is 5. The van der Waals surface area contributed by atoms with Crippen molar-refractivity contribution >= 4 is 17.5 Å². The molecular formula is C22H32N4O3. The minimum Gasteiger partial charge on any atom is -0.379 e. The van der Waals surface area contributed by atoms with Crippen molar-refractivity contribution in [2.75, 3.05) is 57.8 Å². The van der Waals surface area contributed by atoms with Gasteiger partial charge in [0.25, 0.3) is 0 Å². The molecule has 0 radical (unpaired) electrons. The van der Waals surface area contributed by atoms with Gasteiger partial charge in [-0.3, -0.25) is 14.5 Å². The van der Waals surface area contributed by atoms with Crippen molar-refractivity contribution in [3.05, 3.63) is 29.3 Å². The van der Waals surface area contributed by atoms with Crippen LogP contribution < -0.4 is 16.0 Å². The van der Waals surface area contributed by atoms with Gasteiger partial charge in [-0.15, -0.1) is 0 Å². The molecule has 1 aromatic carbocycles. The molecule has 0 spiro atoms. The predicted molar refractivity (Wildman–Crippen MR) is 112 cm³/mol. The second-order valence-electron chi connectivity index (χ2n) is 8.36. The van der Waals surface area contributed by atoms with Crippen LogP contribution in [0, 0.1) is 11.8 Å². The van der Waals surface area contributed by atoms with Gasteiger partial charge in [-0.2, -0.15) is 0 Å². The number of ether oxygens (including phenoxy) is 1. The number of nitrogens with zero attached hydrogens (tertiary/aromatic N) is 1. The lowest BCUT2D eigenvalue weighted by molar-refractivity contribution is -0.127. The molecule has 3 N–H and O–H groups in total. The van der Waals surface area contributed by atoms with Crippen LogP contribution in [-0.4, -0.2) is 69.2 Å². The smallest absolute Gasteiger partial charge is 0.228 e. The Bertz CT molecular complexity index is 733. The monoisotopic (exact) mass is 400 g/mol. The van der Waals surface area contributed by atoms with Gasteiger partial charge in [-0.05, 0) is 48.9 Å². The Morgan fingerprint density at radius 2 is 1.83 bits per heavy atom. The molecule has 1 aromatic rings. The fourth-order valence-corrected chi connectivity index (χ4v) is 4.54. The third-order valence-corrected chi connectivity index (χ3v) is 6.29. The number of rotatable bonds is 6. The Labute approximate surface area is 172 Å². The number of nitrogens with one attached hydrogen (secondary N) is 3. The van der Waals surface area contributed by atoms with Crippen LogP contribution in [0.25, 0.3) is 0 Å². The normalized spacial score (nSPS) is 24.7. The van der Waals surface area contributed by atoms with Gasteiger partial charge in [0.1, 0.15) is 0 Å². The van der Waals surface area contributed by atoms with Gasteiger partial charge in [0.05, 0.1) is 25.0 Å². The van der Waals surface area contributed by atoms with E-state index in [0.29, 0.717) is 26.1 Å². The van der Waals surface area contributed by atoms with Crippen molar-refractivity contribution < 1.29 is 14.3 Å². The van der Waals surface area contributed by atoms with E-state index in [1.807, 2.05) is 6.07 Å². The Morgan fingerprint density at radius 1 is 1.07 bits per heavy atom. The van der Waals surface area contributed by atoms with E-state index in [1.54, 1.807) is 0 Å². The molecule has 2 aliphatic heterocycles. The first kappa shape index (κ1) is 20.3. The molecule has 2 saturated heterocycles. The average Bonchev–Trinajstić information content (AvgIpc) is 3.22. The quantitative estimate of drug-likeness (QED) is 0.658. The highest BCUT2D eigenvalue weighted by Gasteiger charge is 2.31. The fourth-order valence-electron chi connectivity index (χ4n) is 4.54. The largest absolute Gasteiger partial charge is 0.379 e. The van der Waals surface area contributed by atoms with Crippen LogP contribution in [0.2, 0.25) is 0 Å². The Balaban J connectivity index is 1.24. The highest BCUT2D eigenvalue weighted by Crippen LogP contribution is 2.26. The lowest BCUT2D eigenvalue weighted by Gasteiger charge is -2.29. The standard InChI is InChI=1S/C22H32N4O3/c27-21(24-6-7-26-8-10-29-11-9-26)18-12-19(15-23-14-18)22(28)25-20-5-4-16-2-1-3-17(16)13-20/h4-5,13,18-19,23H,1-3,6-12,14-15H2,(H,24,27)(H,25,28)/t18-,19+/m0/s1. The Kier molecular flexibility index (Phi) is 6.79. The van der Waals surface area contributed by atoms with Crippen LogP contribution in [0.4, 0.5) is 5.69 Å². The number of carbonyl (C=O) groups excluding carboxylic acids is 2. The molecule has 29 heavy (non-hydrogen) atoms. The van der Waals surface area contributed by atoms with E-state index < -0.39 is 0 Å². The van der Waals surface area contributed by atoms with E-state index in [4.69, 9.17) is 4.74 Å². The number of carbonyl (C=O) groups is 2. The molecule has 0 bridgehead atoms. The summed E-state index contributed by atoms with van der Waals surface area (Å²) in [6.07, 6.45) is 4.02. The van der Waals surface area contributed by atoms with E-state index in [9.17, 15) is 9.59 Å². The number of fused-ring (bicyclic) bond motifs is 1. The number of morpholine rings is 1. The third kappa shape index (κ3) is 5.35. The van der Waals surface area contributed by atoms with Crippen molar-refractivity contribution in [1.82, 2.24) is 15.5 Å². The summed E-state index contributed by atoms with van der Waals surface area (Å²) < 4.78 is 5.35. The van der Waals surface area contributed by atoms with E-state index in [1.165, 1.54) is 17.5 Å². The maximum atomic E-state index is 12.8. The summed E-state index contributed by atoms with van der Waals surface area (Å²) >= 11 is 0. The summed E-state index contributed by atoms with van der Waals surface area (Å²) in [4.78, 5) is 27.6. The van der Waals surface area contributed by atoms with Crippen LogP contribution in [0.3, 0.4) is 0 Å². The van der Waals surface area contributed by atoms with Gasteiger partial charge in [0.2, 0.25) is 11.8 Å². The summed E-state index contributed by atoms with van der Waals surface area (Å²) in [6.45, 7) is 6.11. The summed E-state index contributed by atoms with van der Waals surface area (Å²) in [5, 5.41) is 9.37. The van der Waals surface area contributed by atoms with Gasteiger partial charge >= 0.3 is 0 Å². The number of piperidine rings is 1. The van der Waals surface area contributed by atoms with E-state index in [2.05, 4.69) is 33.0 Å². The van der Waals surface area contributed by atoms with Crippen LogP contribution in [0.5, 0.6) is 0 Å². The minimum absolute atomic E-state index is 0.00117. The maximum Gasteiger partial charge on any atom is 0.228 e. The van der Waals surface area contributed by atoms with Gasteiger partial charge in [0.15, 0.2) is 0 Å². The first-order valence-electron chi connectivity index (χ1n) is 10.9. The minimum atomic E-state index is -0.188. The van der Waals surface area contributed by atoms with Crippen molar-refractivity contribution in [3.63, 3.8) is 0 Å². The molecule has 2 atom stereocenters. The van der Waals surface area contributed by atoms with Gasteiger partial charge in [-0.1, -0.05) is 6.07 Å². The fraction of sp³-hybridized carbons (Fsp3) is 0.636. The zero-order chi connectivity index (χ0) is 20.1. The number of benzene rings is 1. The molecule has 2 fully saturated rings. The first-order valence-corrected chi connectivity index (χ1v) is 10.9. The SMILES string of the molecule is O=C(NCCN1CCOCC1)[C@@H]1CNC[C@H](C(=O)Nc2ccc3c(c2)CCC3)C1. The van der Waals surface area contributed by atoms with Crippen molar-refractivity contribution in [1.29, 1.82) is 0 Å². The van der Waals surface area contributed by atoms with Crippen molar-refractivity contribution in [2.45, 2.75) is 25.7 Å². The third-order valence-electron chi connectivity index (χ3n) is 6.29. The number of amides is 2. The predicted octanol–water partition coefficient (Wildman–Crippen LogP) is 0.788. The molecule has 3 aliphatic rings. The summed E-state index contributed by atoms with van der Waals surface area (Å²) in [5.41, 5.74) is 3.62.